The molecule has 0 aliphatic rings. The lowest BCUT2D eigenvalue weighted by Gasteiger charge is -2.24. The van der Waals surface area contributed by atoms with Crippen molar-refractivity contribution < 1.29 is 33.3 Å². The molecule has 0 aliphatic heterocycles. The summed E-state index contributed by atoms with van der Waals surface area (Å²) < 4.78 is 27.0. The van der Waals surface area contributed by atoms with Gasteiger partial charge in [-0.1, -0.05) is 0 Å². The normalized spacial score (nSPS) is 11.2. The van der Waals surface area contributed by atoms with Gasteiger partial charge in [-0.25, -0.2) is 4.79 Å². The second-order valence-corrected chi connectivity index (χ2v) is 7.27. The van der Waals surface area contributed by atoms with E-state index in [1.165, 1.54) is 4.90 Å². The number of rotatable bonds is 14. The molecule has 1 amide bonds. The van der Waals surface area contributed by atoms with Crippen LogP contribution < -0.4 is 4.74 Å². The SMILES string of the molecule is CN(CCOCCOCCOCCOc1ccc(C=O)cc1)C(=O)OC(C)(C)C. The zero-order valence-corrected chi connectivity index (χ0v) is 17.8. The summed E-state index contributed by atoms with van der Waals surface area (Å²) in [4.78, 5) is 23.8. The highest BCUT2D eigenvalue weighted by atomic mass is 16.6. The summed E-state index contributed by atoms with van der Waals surface area (Å²) in [6.07, 6.45) is 0.428. The Morgan fingerprint density at radius 2 is 1.41 bits per heavy atom. The van der Waals surface area contributed by atoms with E-state index in [-0.39, 0.29) is 6.09 Å². The molecule has 164 valence electrons. The summed E-state index contributed by atoms with van der Waals surface area (Å²) in [7, 11) is 1.68. The third kappa shape index (κ3) is 12.8. The molecule has 8 nitrogen and oxygen atoms in total. The molecule has 0 saturated carbocycles. The van der Waals surface area contributed by atoms with Gasteiger partial charge in [0.2, 0.25) is 0 Å². The standard InChI is InChI=1S/C21H33NO7/c1-21(2,3)29-20(24)22(4)9-10-25-11-12-26-13-14-27-15-16-28-19-7-5-18(17-23)6-8-19/h5-8,17H,9-16H2,1-4H3. The minimum absolute atomic E-state index is 0.364. The van der Waals surface area contributed by atoms with Crippen molar-refractivity contribution in [2.75, 3.05) is 59.8 Å². The van der Waals surface area contributed by atoms with Crippen molar-refractivity contribution in [1.29, 1.82) is 0 Å². The van der Waals surface area contributed by atoms with Crippen LogP contribution in [-0.2, 0) is 18.9 Å². The number of benzene rings is 1. The Morgan fingerprint density at radius 1 is 0.897 bits per heavy atom. The minimum atomic E-state index is -0.503. The monoisotopic (exact) mass is 411 g/mol. The summed E-state index contributed by atoms with van der Waals surface area (Å²) in [5.74, 6) is 0.699. The number of hydrogen-bond acceptors (Lipinski definition) is 7. The van der Waals surface area contributed by atoms with Gasteiger partial charge in [0.1, 0.15) is 24.2 Å². The van der Waals surface area contributed by atoms with Gasteiger partial charge < -0.3 is 28.6 Å². The number of carbonyl (C=O) groups is 2. The van der Waals surface area contributed by atoms with E-state index >= 15 is 0 Å². The van der Waals surface area contributed by atoms with Gasteiger partial charge in [0.05, 0.1) is 39.6 Å². The highest BCUT2D eigenvalue weighted by Crippen LogP contribution is 2.10. The van der Waals surface area contributed by atoms with Crippen LogP contribution in [0.15, 0.2) is 24.3 Å². The van der Waals surface area contributed by atoms with Crippen LogP contribution in [-0.4, -0.2) is 82.7 Å². The van der Waals surface area contributed by atoms with Crippen molar-refractivity contribution in [2.24, 2.45) is 0 Å². The molecule has 1 aromatic rings. The highest BCUT2D eigenvalue weighted by Gasteiger charge is 2.19. The second kappa shape index (κ2) is 13.9. The lowest BCUT2D eigenvalue weighted by Crippen LogP contribution is -2.36. The first-order chi connectivity index (χ1) is 13.8. The molecule has 0 N–H and O–H groups in total. The quantitative estimate of drug-likeness (QED) is 0.344. The van der Waals surface area contributed by atoms with Gasteiger partial charge >= 0.3 is 6.09 Å². The van der Waals surface area contributed by atoms with Gasteiger partial charge in [0.25, 0.3) is 0 Å². The fourth-order valence-electron chi connectivity index (χ4n) is 2.04. The molecule has 0 spiro atoms. The fourth-order valence-corrected chi connectivity index (χ4v) is 2.04. The van der Waals surface area contributed by atoms with Gasteiger partial charge in [-0.3, -0.25) is 4.79 Å². The topological polar surface area (TPSA) is 83.5 Å². The predicted octanol–water partition coefficient (Wildman–Crippen LogP) is 2.79. The molecule has 0 aliphatic carbocycles. The van der Waals surface area contributed by atoms with Crippen LogP contribution in [0, 0.1) is 0 Å². The van der Waals surface area contributed by atoms with Crippen LogP contribution in [0.3, 0.4) is 0 Å². The van der Waals surface area contributed by atoms with Crippen molar-refractivity contribution in [2.45, 2.75) is 26.4 Å². The highest BCUT2D eigenvalue weighted by molar-refractivity contribution is 5.74. The van der Waals surface area contributed by atoms with Gasteiger partial charge in [-0.2, -0.15) is 0 Å². The third-order valence-corrected chi connectivity index (χ3v) is 3.53. The van der Waals surface area contributed by atoms with Crippen molar-refractivity contribution in [1.82, 2.24) is 4.90 Å². The zero-order valence-electron chi connectivity index (χ0n) is 17.8. The Hall–Kier alpha value is -2.16. The number of nitrogens with zero attached hydrogens (tertiary/aromatic N) is 1. The minimum Gasteiger partial charge on any atom is -0.491 e. The van der Waals surface area contributed by atoms with E-state index < -0.39 is 5.60 Å². The van der Waals surface area contributed by atoms with Crippen LogP contribution in [0.5, 0.6) is 5.75 Å². The van der Waals surface area contributed by atoms with E-state index in [1.54, 1.807) is 31.3 Å². The Balaban J connectivity index is 1.89. The van der Waals surface area contributed by atoms with E-state index in [4.69, 9.17) is 23.7 Å². The molecule has 0 bridgehead atoms. The van der Waals surface area contributed by atoms with E-state index in [1.807, 2.05) is 20.8 Å². The number of ether oxygens (including phenoxy) is 5. The Kier molecular flexibility index (Phi) is 11.9. The third-order valence-electron chi connectivity index (χ3n) is 3.53. The molecular formula is C21H33NO7. The van der Waals surface area contributed by atoms with E-state index in [0.717, 1.165) is 6.29 Å². The van der Waals surface area contributed by atoms with Crippen LogP contribution in [0.2, 0.25) is 0 Å². The molecule has 29 heavy (non-hydrogen) atoms. The molecule has 0 unspecified atom stereocenters. The molecule has 0 fully saturated rings. The molecule has 0 heterocycles. The maximum atomic E-state index is 11.8. The van der Waals surface area contributed by atoms with Crippen molar-refractivity contribution in [3.05, 3.63) is 29.8 Å². The molecule has 1 rings (SSSR count). The number of hydrogen-bond donors (Lipinski definition) is 0. The van der Waals surface area contributed by atoms with E-state index in [0.29, 0.717) is 64.1 Å². The molecule has 0 aromatic heterocycles. The predicted molar refractivity (Wildman–Crippen MR) is 109 cm³/mol. The Labute approximate surface area is 173 Å². The first kappa shape index (κ1) is 24.9. The van der Waals surface area contributed by atoms with Crippen molar-refractivity contribution in [3.8, 4) is 5.75 Å². The summed E-state index contributed by atoms with van der Waals surface area (Å²) in [6, 6.07) is 6.90. The van der Waals surface area contributed by atoms with Crippen LogP contribution in [0.4, 0.5) is 4.79 Å². The maximum Gasteiger partial charge on any atom is 0.410 e. The largest absolute Gasteiger partial charge is 0.491 e. The van der Waals surface area contributed by atoms with Crippen LogP contribution >= 0.6 is 0 Å². The Morgan fingerprint density at radius 3 is 1.93 bits per heavy atom. The summed E-state index contributed by atoms with van der Waals surface area (Å²) in [5.41, 5.74) is 0.113. The second-order valence-electron chi connectivity index (χ2n) is 7.27. The fraction of sp³-hybridized carbons (Fsp3) is 0.619. The van der Waals surface area contributed by atoms with E-state index in [9.17, 15) is 9.59 Å². The van der Waals surface area contributed by atoms with Gasteiger partial charge in [-0.05, 0) is 45.0 Å². The summed E-state index contributed by atoms with van der Waals surface area (Å²) in [6.45, 7) is 9.08. The lowest BCUT2D eigenvalue weighted by atomic mass is 10.2. The lowest BCUT2D eigenvalue weighted by molar-refractivity contribution is 0.00189. The molecular weight excluding hydrogens is 378 g/mol. The summed E-state index contributed by atoms with van der Waals surface area (Å²) >= 11 is 0. The van der Waals surface area contributed by atoms with Crippen LogP contribution in [0.25, 0.3) is 0 Å². The molecule has 0 radical (unpaired) electrons. The average Bonchev–Trinajstić information content (AvgIpc) is 2.67. The number of carbonyl (C=O) groups excluding carboxylic acids is 2. The zero-order chi connectivity index (χ0) is 21.5. The molecule has 0 saturated heterocycles. The first-order valence-electron chi connectivity index (χ1n) is 9.67. The number of likely N-dealkylation sites (N-methyl/N-ethyl adjacent to an activating group) is 1. The average molecular weight is 411 g/mol. The maximum absolute atomic E-state index is 11.8. The molecule has 1 aromatic carbocycles. The van der Waals surface area contributed by atoms with Crippen LogP contribution in [0.1, 0.15) is 31.1 Å². The number of amides is 1. The molecule has 8 heteroatoms. The van der Waals surface area contributed by atoms with Crippen molar-refractivity contribution >= 4 is 12.4 Å². The Bertz CT molecular complexity index is 584. The summed E-state index contributed by atoms with van der Waals surface area (Å²) in [5, 5.41) is 0. The number of aldehydes is 1. The smallest absolute Gasteiger partial charge is 0.410 e. The van der Waals surface area contributed by atoms with Gasteiger partial charge in [-0.15, -0.1) is 0 Å². The molecule has 0 atom stereocenters. The van der Waals surface area contributed by atoms with E-state index in [2.05, 4.69) is 0 Å². The first-order valence-corrected chi connectivity index (χ1v) is 9.67. The van der Waals surface area contributed by atoms with Crippen molar-refractivity contribution in [3.63, 3.8) is 0 Å². The van der Waals surface area contributed by atoms with Gasteiger partial charge in [0, 0.05) is 19.2 Å². The van der Waals surface area contributed by atoms with Gasteiger partial charge in [0.15, 0.2) is 0 Å².